The van der Waals surface area contributed by atoms with Gasteiger partial charge in [-0.2, -0.15) is 5.26 Å². The molecule has 0 N–H and O–H groups in total. The second-order valence-electron chi connectivity index (χ2n) is 3.42. The molecule has 0 atom stereocenters. The van der Waals surface area contributed by atoms with Crippen LogP contribution >= 0.6 is 31.9 Å². The zero-order chi connectivity index (χ0) is 12.8. The number of hydrogen-bond donors (Lipinski definition) is 0. The molecule has 0 aromatic heterocycles. The Balaban J connectivity index is 2.94. The Kier molecular flexibility index (Phi) is 5.66. The number of hydrogen-bond acceptors (Lipinski definition) is 2. The largest absolute Gasteiger partial charge is 0.338 e. The highest BCUT2D eigenvalue weighted by molar-refractivity contribution is 9.11. The van der Waals surface area contributed by atoms with Crippen molar-refractivity contribution in [1.29, 1.82) is 5.26 Å². The molecule has 1 aromatic rings. The van der Waals surface area contributed by atoms with Crippen molar-refractivity contribution in [3.05, 3.63) is 32.7 Å². The number of rotatable bonds is 4. The number of amides is 1. The first-order valence-corrected chi connectivity index (χ1v) is 6.80. The summed E-state index contributed by atoms with van der Waals surface area (Å²) < 4.78 is 1.63. The van der Waals surface area contributed by atoms with Crippen LogP contribution in [0.1, 0.15) is 23.7 Å². The van der Waals surface area contributed by atoms with Gasteiger partial charge in [0.1, 0.15) is 0 Å². The zero-order valence-corrected chi connectivity index (χ0v) is 12.6. The van der Waals surface area contributed by atoms with Crippen LogP contribution in [0.15, 0.2) is 27.1 Å². The average molecular weight is 360 g/mol. The van der Waals surface area contributed by atoms with E-state index in [2.05, 4.69) is 31.9 Å². The van der Waals surface area contributed by atoms with Gasteiger partial charge in [-0.3, -0.25) is 4.79 Å². The van der Waals surface area contributed by atoms with Crippen LogP contribution in [0.2, 0.25) is 0 Å². The summed E-state index contributed by atoms with van der Waals surface area (Å²) >= 11 is 6.71. The van der Waals surface area contributed by atoms with E-state index in [-0.39, 0.29) is 5.91 Å². The third-order valence-electron chi connectivity index (χ3n) is 2.32. The van der Waals surface area contributed by atoms with Crippen molar-refractivity contribution in [3.63, 3.8) is 0 Å². The van der Waals surface area contributed by atoms with Gasteiger partial charge in [-0.1, -0.05) is 15.9 Å². The Morgan fingerprint density at radius 3 is 2.76 bits per heavy atom. The van der Waals surface area contributed by atoms with Crippen LogP contribution in [0, 0.1) is 11.3 Å². The summed E-state index contributed by atoms with van der Waals surface area (Å²) in [5.41, 5.74) is 0.610. The first-order chi connectivity index (χ1) is 8.10. The monoisotopic (exact) mass is 358 g/mol. The molecule has 1 amide bonds. The van der Waals surface area contributed by atoms with Crippen molar-refractivity contribution in [2.45, 2.75) is 13.3 Å². The Bertz CT molecular complexity index is 454. The van der Waals surface area contributed by atoms with Gasteiger partial charge in [-0.25, -0.2) is 0 Å². The maximum Gasteiger partial charge on any atom is 0.255 e. The number of nitriles is 1. The van der Waals surface area contributed by atoms with E-state index in [4.69, 9.17) is 5.26 Å². The molecule has 0 saturated carbocycles. The van der Waals surface area contributed by atoms with Crippen LogP contribution in [0.5, 0.6) is 0 Å². The quantitative estimate of drug-likeness (QED) is 0.824. The molecule has 17 heavy (non-hydrogen) atoms. The molecule has 0 unspecified atom stereocenters. The molecular weight excluding hydrogens is 348 g/mol. The maximum atomic E-state index is 12.2. The Morgan fingerprint density at radius 1 is 1.47 bits per heavy atom. The average Bonchev–Trinajstić information content (AvgIpc) is 2.33. The summed E-state index contributed by atoms with van der Waals surface area (Å²) in [5.74, 6) is -0.0593. The molecule has 1 aromatic carbocycles. The molecule has 5 heteroatoms. The van der Waals surface area contributed by atoms with Crippen molar-refractivity contribution in [1.82, 2.24) is 4.90 Å². The molecule has 1 rings (SSSR count). The van der Waals surface area contributed by atoms with E-state index in [0.29, 0.717) is 25.1 Å². The normalized spacial score (nSPS) is 9.76. The van der Waals surface area contributed by atoms with Crippen LogP contribution in [0.3, 0.4) is 0 Å². The van der Waals surface area contributed by atoms with Crippen LogP contribution in [-0.4, -0.2) is 23.9 Å². The first-order valence-electron chi connectivity index (χ1n) is 5.21. The predicted octanol–water partition coefficient (Wildman–Crippen LogP) is 3.59. The molecule has 3 nitrogen and oxygen atoms in total. The smallest absolute Gasteiger partial charge is 0.255 e. The highest BCUT2D eigenvalue weighted by Crippen LogP contribution is 2.23. The van der Waals surface area contributed by atoms with Crippen molar-refractivity contribution in [2.75, 3.05) is 13.1 Å². The molecule has 0 saturated heterocycles. The lowest BCUT2D eigenvalue weighted by Crippen LogP contribution is -2.31. The third kappa shape index (κ3) is 3.83. The predicted molar refractivity (Wildman–Crippen MR) is 73.6 cm³/mol. The van der Waals surface area contributed by atoms with Crippen LogP contribution < -0.4 is 0 Å². The van der Waals surface area contributed by atoms with Crippen LogP contribution in [-0.2, 0) is 0 Å². The van der Waals surface area contributed by atoms with Gasteiger partial charge in [0.15, 0.2) is 0 Å². The van der Waals surface area contributed by atoms with E-state index in [9.17, 15) is 4.79 Å². The third-order valence-corrected chi connectivity index (χ3v) is 3.51. The Labute approximate surface area is 118 Å². The van der Waals surface area contributed by atoms with E-state index in [1.807, 2.05) is 25.1 Å². The number of carbonyl (C=O) groups is 1. The second kappa shape index (κ2) is 6.77. The topological polar surface area (TPSA) is 44.1 Å². The van der Waals surface area contributed by atoms with Crippen molar-refractivity contribution in [2.24, 2.45) is 0 Å². The summed E-state index contributed by atoms with van der Waals surface area (Å²) in [6.45, 7) is 2.96. The fourth-order valence-corrected chi connectivity index (χ4v) is 2.20. The summed E-state index contributed by atoms with van der Waals surface area (Å²) in [6.07, 6.45) is 0.352. The summed E-state index contributed by atoms with van der Waals surface area (Å²) in [6, 6.07) is 7.53. The van der Waals surface area contributed by atoms with Crippen LogP contribution in [0.25, 0.3) is 0 Å². The minimum absolute atomic E-state index is 0.0593. The molecule has 0 aliphatic heterocycles. The molecule has 0 radical (unpaired) electrons. The number of halogens is 2. The lowest BCUT2D eigenvalue weighted by molar-refractivity contribution is 0.0767. The van der Waals surface area contributed by atoms with E-state index >= 15 is 0 Å². The maximum absolute atomic E-state index is 12.2. The molecule has 0 fully saturated rings. The van der Waals surface area contributed by atoms with Gasteiger partial charge in [0.2, 0.25) is 0 Å². The van der Waals surface area contributed by atoms with E-state index in [1.54, 1.807) is 11.0 Å². The lowest BCUT2D eigenvalue weighted by atomic mass is 10.2. The molecule has 0 heterocycles. The molecule has 0 spiro atoms. The molecule has 90 valence electrons. The van der Waals surface area contributed by atoms with Gasteiger partial charge < -0.3 is 4.90 Å². The van der Waals surface area contributed by atoms with Crippen molar-refractivity contribution >= 4 is 37.8 Å². The van der Waals surface area contributed by atoms with Crippen molar-refractivity contribution in [3.8, 4) is 6.07 Å². The van der Waals surface area contributed by atoms with E-state index in [1.165, 1.54) is 0 Å². The highest BCUT2D eigenvalue weighted by Gasteiger charge is 2.16. The summed E-state index contributed by atoms with van der Waals surface area (Å²) in [5, 5.41) is 8.56. The van der Waals surface area contributed by atoms with Crippen molar-refractivity contribution < 1.29 is 4.79 Å². The minimum Gasteiger partial charge on any atom is -0.338 e. The van der Waals surface area contributed by atoms with Gasteiger partial charge in [-0.05, 0) is 41.1 Å². The number of nitrogens with zero attached hydrogens (tertiary/aromatic N) is 2. The molecular formula is C12H12Br2N2O. The van der Waals surface area contributed by atoms with Gasteiger partial charge in [0.25, 0.3) is 5.91 Å². The van der Waals surface area contributed by atoms with Gasteiger partial charge in [-0.15, -0.1) is 0 Å². The second-order valence-corrected chi connectivity index (χ2v) is 5.19. The fraction of sp³-hybridized carbons (Fsp3) is 0.333. The van der Waals surface area contributed by atoms with E-state index in [0.717, 1.165) is 8.95 Å². The van der Waals surface area contributed by atoms with Gasteiger partial charge >= 0.3 is 0 Å². The van der Waals surface area contributed by atoms with Gasteiger partial charge in [0, 0.05) is 22.0 Å². The molecule has 0 aliphatic rings. The Morgan fingerprint density at radius 2 is 2.18 bits per heavy atom. The fourth-order valence-electron chi connectivity index (χ4n) is 1.42. The van der Waals surface area contributed by atoms with E-state index < -0.39 is 0 Å². The SMILES string of the molecule is CCN(CCC#N)C(=O)c1cc(Br)ccc1Br. The van der Waals surface area contributed by atoms with Gasteiger partial charge in [0.05, 0.1) is 18.1 Å². The molecule has 0 bridgehead atoms. The van der Waals surface area contributed by atoms with Crippen LogP contribution in [0.4, 0.5) is 0 Å². The number of carbonyl (C=O) groups excluding carboxylic acids is 1. The lowest BCUT2D eigenvalue weighted by Gasteiger charge is -2.20. The highest BCUT2D eigenvalue weighted by atomic mass is 79.9. The zero-order valence-electron chi connectivity index (χ0n) is 9.41. The number of benzene rings is 1. The summed E-state index contributed by atoms with van der Waals surface area (Å²) in [4.78, 5) is 13.9. The summed E-state index contributed by atoms with van der Waals surface area (Å²) in [7, 11) is 0. The standard InChI is InChI=1S/C12H12Br2N2O/c1-2-16(7-3-6-15)12(17)10-8-9(13)4-5-11(10)14/h4-5,8H,2-3,7H2,1H3. The first kappa shape index (κ1) is 14.2. The minimum atomic E-state index is -0.0593. The molecule has 0 aliphatic carbocycles. The Hall–Kier alpha value is -0.860.